The first-order valence-electron chi connectivity index (χ1n) is 8.72. The number of rotatable bonds is 4. The molecule has 2 heterocycles. The number of piperidine rings is 1. The smallest absolute Gasteiger partial charge is 0.233 e. The zero-order valence-electron chi connectivity index (χ0n) is 14.5. The van der Waals surface area contributed by atoms with Gasteiger partial charge < -0.3 is 15.1 Å². The average molecular weight is 319 g/mol. The largest absolute Gasteiger partial charge is 0.469 e. The predicted molar refractivity (Wildman–Crippen MR) is 90.2 cm³/mol. The molecule has 0 bridgehead atoms. The summed E-state index contributed by atoms with van der Waals surface area (Å²) in [7, 11) is 1.70. The molecule has 5 nitrogen and oxygen atoms in total. The lowest BCUT2D eigenvalue weighted by Crippen LogP contribution is -2.47. The quantitative estimate of drug-likeness (QED) is 0.892. The average Bonchev–Trinajstić information content (AvgIpc) is 2.96. The van der Waals surface area contributed by atoms with E-state index in [1.54, 1.807) is 7.05 Å². The second-order valence-electron chi connectivity index (χ2n) is 7.79. The molecule has 1 aromatic heterocycles. The Labute approximate surface area is 138 Å². The van der Waals surface area contributed by atoms with Crippen molar-refractivity contribution in [3.05, 3.63) is 23.7 Å². The van der Waals surface area contributed by atoms with Crippen molar-refractivity contribution in [1.29, 1.82) is 0 Å². The Bertz CT molecular complexity index is 544. The Morgan fingerprint density at radius 2 is 2.13 bits per heavy atom. The normalized spacial score (nSPS) is 25.1. The monoisotopic (exact) mass is 319 g/mol. The molecule has 1 aliphatic heterocycles. The Morgan fingerprint density at radius 1 is 1.39 bits per heavy atom. The van der Waals surface area contributed by atoms with E-state index in [1.165, 1.54) is 5.56 Å². The summed E-state index contributed by atoms with van der Waals surface area (Å²) in [6.07, 6.45) is 6.20. The van der Waals surface area contributed by atoms with Gasteiger partial charge in [0.25, 0.3) is 0 Å². The van der Waals surface area contributed by atoms with Crippen molar-refractivity contribution in [3.8, 4) is 0 Å². The molecule has 1 atom stereocenters. The molecule has 1 saturated heterocycles. The van der Waals surface area contributed by atoms with Gasteiger partial charge in [0.1, 0.15) is 5.76 Å². The van der Waals surface area contributed by atoms with Gasteiger partial charge in [0.2, 0.25) is 5.91 Å². The number of hydrogen-bond acceptors (Lipinski definition) is 4. The van der Waals surface area contributed by atoms with Gasteiger partial charge in [-0.25, -0.2) is 0 Å². The lowest BCUT2D eigenvalue weighted by molar-refractivity contribution is -0.122. The van der Waals surface area contributed by atoms with Gasteiger partial charge in [0.05, 0.1) is 12.8 Å². The van der Waals surface area contributed by atoms with Crippen LogP contribution in [-0.2, 0) is 11.2 Å². The molecule has 0 spiro atoms. The van der Waals surface area contributed by atoms with Crippen molar-refractivity contribution in [2.45, 2.75) is 51.6 Å². The number of likely N-dealkylation sites (N-methyl/N-ethyl adjacent to an activating group) is 1. The Kier molecular flexibility index (Phi) is 4.78. The van der Waals surface area contributed by atoms with Crippen molar-refractivity contribution < 1.29 is 9.21 Å². The van der Waals surface area contributed by atoms with Crippen LogP contribution >= 0.6 is 0 Å². The molecular weight excluding hydrogens is 290 g/mol. The number of amides is 1. The molecule has 0 unspecified atom stereocenters. The third-order valence-corrected chi connectivity index (χ3v) is 5.22. The zero-order valence-corrected chi connectivity index (χ0v) is 14.5. The molecule has 0 saturated carbocycles. The van der Waals surface area contributed by atoms with Crippen LogP contribution in [0.25, 0.3) is 0 Å². The molecule has 2 aliphatic rings. The standard InChI is InChI=1S/C18H29N3O2/c1-18(2)10-15(14-6-9-23-16(14)11-18)20-13-4-7-21(8-5-13)12-17(22)19-3/h6,9,13,15,20H,4-5,7-8,10-12H2,1-3H3,(H,19,22)/t15-/m0/s1. The minimum absolute atomic E-state index is 0.105. The number of fused-ring (bicyclic) bond motifs is 1. The number of nitrogens with zero attached hydrogens (tertiary/aromatic N) is 1. The molecule has 3 rings (SSSR count). The number of hydrogen-bond donors (Lipinski definition) is 2. The van der Waals surface area contributed by atoms with E-state index >= 15 is 0 Å². The third-order valence-electron chi connectivity index (χ3n) is 5.22. The number of furan rings is 1. The second kappa shape index (κ2) is 6.65. The summed E-state index contributed by atoms with van der Waals surface area (Å²) in [6.45, 7) is 7.13. The van der Waals surface area contributed by atoms with Gasteiger partial charge in [-0.2, -0.15) is 0 Å². The van der Waals surface area contributed by atoms with Crippen LogP contribution < -0.4 is 10.6 Å². The first-order valence-corrected chi connectivity index (χ1v) is 8.72. The molecule has 23 heavy (non-hydrogen) atoms. The molecule has 0 aromatic carbocycles. The predicted octanol–water partition coefficient (Wildman–Crippen LogP) is 2.09. The van der Waals surface area contributed by atoms with E-state index in [4.69, 9.17) is 4.42 Å². The van der Waals surface area contributed by atoms with Crippen molar-refractivity contribution in [2.75, 3.05) is 26.7 Å². The molecule has 2 N–H and O–H groups in total. The highest BCUT2D eigenvalue weighted by Crippen LogP contribution is 2.41. The Hall–Kier alpha value is -1.33. The van der Waals surface area contributed by atoms with Crippen molar-refractivity contribution in [1.82, 2.24) is 15.5 Å². The molecule has 1 amide bonds. The minimum atomic E-state index is 0.105. The van der Waals surface area contributed by atoms with Crippen LogP contribution in [0.5, 0.6) is 0 Å². The van der Waals surface area contributed by atoms with E-state index < -0.39 is 0 Å². The highest BCUT2D eigenvalue weighted by atomic mass is 16.3. The fourth-order valence-corrected chi connectivity index (χ4v) is 3.95. The molecular formula is C18H29N3O2. The number of carbonyl (C=O) groups excluding carboxylic acids is 1. The number of carbonyl (C=O) groups is 1. The summed E-state index contributed by atoms with van der Waals surface area (Å²) in [5, 5.41) is 6.56. The zero-order chi connectivity index (χ0) is 16.4. The van der Waals surface area contributed by atoms with Gasteiger partial charge in [0.15, 0.2) is 0 Å². The van der Waals surface area contributed by atoms with Crippen LogP contribution in [0.2, 0.25) is 0 Å². The SMILES string of the molecule is CNC(=O)CN1CCC(N[C@H]2CC(C)(C)Cc3occc32)CC1. The Morgan fingerprint density at radius 3 is 2.83 bits per heavy atom. The van der Waals surface area contributed by atoms with Gasteiger partial charge >= 0.3 is 0 Å². The molecule has 1 aromatic rings. The van der Waals surface area contributed by atoms with Crippen LogP contribution in [-0.4, -0.2) is 43.5 Å². The highest BCUT2D eigenvalue weighted by Gasteiger charge is 2.35. The van der Waals surface area contributed by atoms with Gasteiger partial charge in [-0.1, -0.05) is 13.8 Å². The second-order valence-corrected chi connectivity index (χ2v) is 7.79. The van der Waals surface area contributed by atoms with Crippen molar-refractivity contribution >= 4 is 5.91 Å². The lowest BCUT2D eigenvalue weighted by Gasteiger charge is -2.39. The summed E-state index contributed by atoms with van der Waals surface area (Å²) in [4.78, 5) is 13.7. The lowest BCUT2D eigenvalue weighted by atomic mass is 9.74. The molecule has 5 heteroatoms. The van der Waals surface area contributed by atoms with Crippen LogP contribution in [0.15, 0.2) is 16.7 Å². The fraction of sp³-hybridized carbons (Fsp3) is 0.722. The summed E-state index contributed by atoms with van der Waals surface area (Å²) in [6, 6.07) is 3.05. The molecule has 1 aliphatic carbocycles. The summed E-state index contributed by atoms with van der Waals surface area (Å²) in [5.74, 6) is 1.25. The van der Waals surface area contributed by atoms with Gasteiger partial charge in [-0.3, -0.25) is 9.69 Å². The number of nitrogens with one attached hydrogen (secondary N) is 2. The maximum absolute atomic E-state index is 11.5. The van der Waals surface area contributed by atoms with Gasteiger partial charge in [-0.05, 0) is 30.7 Å². The van der Waals surface area contributed by atoms with Crippen molar-refractivity contribution in [3.63, 3.8) is 0 Å². The summed E-state index contributed by atoms with van der Waals surface area (Å²) >= 11 is 0. The maximum atomic E-state index is 11.5. The topological polar surface area (TPSA) is 57.5 Å². The first-order chi connectivity index (χ1) is 11.0. The van der Waals surface area contributed by atoms with Crippen LogP contribution in [0.1, 0.15) is 50.5 Å². The van der Waals surface area contributed by atoms with E-state index in [0.717, 1.165) is 44.5 Å². The van der Waals surface area contributed by atoms with E-state index in [2.05, 4.69) is 35.4 Å². The van der Waals surface area contributed by atoms with E-state index in [0.29, 0.717) is 18.6 Å². The van der Waals surface area contributed by atoms with Crippen LogP contribution in [0.4, 0.5) is 0 Å². The van der Waals surface area contributed by atoms with E-state index in [-0.39, 0.29) is 11.3 Å². The molecule has 0 radical (unpaired) electrons. The molecule has 1 fully saturated rings. The highest BCUT2D eigenvalue weighted by molar-refractivity contribution is 5.77. The Balaban J connectivity index is 1.56. The first kappa shape index (κ1) is 16.5. The molecule has 128 valence electrons. The van der Waals surface area contributed by atoms with Crippen LogP contribution in [0, 0.1) is 5.41 Å². The van der Waals surface area contributed by atoms with Crippen LogP contribution in [0.3, 0.4) is 0 Å². The van der Waals surface area contributed by atoms with E-state index in [1.807, 2.05) is 6.26 Å². The van der Waals surface area contributed by atoms with Crippen molar-refractivity contribution in [2.24, 2.45) is 5.41 Å². The summed E-state index contributed by atoms with van der Waals surface area (Å²) in [5.41, 5.74) is 1.62. The van der Waals surface area contributed by atoms with Gasteiger partial charge in [-0.15, -0.1) is 0 Å². The minimum Gasteiger partial charge on any atom is -0.469 e. The van der Waals surface area contributed by atoms with E-state index in [9.17, 15) is 4.79 Å². The fourth-order valence-electron chi connectivity index (χ4n) is 3.95. The number of likely N-dealkylation sites (tertiary alicyclic amines) is 1. The third kappa shape index (κ3) is 3.96. The van der Waals surface area contributed by atoms with Gasteiger partial charge in [0, 0.05) is 44.2 Å². The maximum Gasteiger partial charge on any atom is 0.233 e. The summed E-state index contributed by atoms with van der Waals surface area (Å²) < 4.78 is 5.69.